The molecule has 0 bridgehead atoms. The third kappa shape index (κ3) is 4.71. The maximum absolute atomic E-state index is 12.5. The molecule has 0 radical (unpaired) electrons. The van der Waals surface area contributed by atoms with Gasteiger partial charge in [-0.05, 0) is 43.9 Å². The topological polar surface area (TPSA) is 98.7 Å². The zero-order valence-electron chi connectivity index (χ0n) is 13.8. The fourth-order valence-corrected chi connectivity index (χ4v) is 2.70. The van der Waals surface area contributed by atoms with Crippen molar-refractivity contribution in [1.82, 2.24) is 10.2 Å². The number of aliphatic carboxylic acids is 1. The van der Waals surface area contributed by atoms with Crippen LogP contribution in [0.3, 0.4) is 0 Å². The number of carbonyl (C=O) groups excluding carboxylic acids is 2. The minimum Gasteiger partial charge on any atom is -0.481 e. The van der Waals surface area contributed by atoms with Gasteiger partial charge in [-0.3, -0.25) is 9.59 Å². The molecule has 1 aliphatic heterocycles. The molecule has 0 spiro atoms. The quantitative estimate of drug-likeness (QED) is 0.695. The SMILES string of the molecule is Cc1c(NC(=O)NCCCC(=O)O)cccc1C(=O)N1CCCC1. The summed E-state index contributed by atoms with van der Waals surface area (Å²) in [7, 11) is 0. The van der Waals surface area contributed by atoms with Crippen LogP contribution in [0.2, 0.25) is 0 Å². The fraction of sp³-hybridized carbons (Fsp3) is 0.471. The third-order valence-corrected chi connectivity index (χ3v) is 4.06. The summed E-state index contributed by atoms with van der Waals surface area (Å²) in [6.07, 6.45) is 2.44. The molecule has 3 N–H and O–H groups in total. The highest BCUT2D eigenvalue weighted by atomic mass is 16.4. The van der Waals surface area contributed by atoms with E-state index in [9.17, 15) is 14.4 Å². The van der Waals surface area contributed by atoms with Crippen LogP contribution in [-0.4, -0.2) is 47.5 Å². The number of urea groups is 1. The molecule has 0 saturated carbocycles. The molecule has 1 aromatic carbocycles. The van der Waals surface area contributed by atoms with Crippen molar-refractivity contribution in [3.63, 3.8) is 0 Å². The normalized spacial score (nSPS) is 13.6. The maximum atomic E-state index is 12.5. The Labute approximate surface area is 141 Å². The fourth-order valence-electron chi connectivity index (χ4n) is 2.70. The lowest BCUT2D eigenvalue weighted by atomic mass is 10.1. The largest absolute Gasteiger partial charge is 0.481 e. The lowest BCUT2D eigenvalue weighted by Gasteiger charge is -2.18. The van der Waals surface area contributed by atoms with Crippen LogP contribution in [0.1, 0.15) is 41.6 Å². The standard InChI is InChI=1S/C17H23N3O4/c1-12-13(16(23)20-10-2-3-11-20)6-4-7-14(12)19-17(24)18-9-5-8-15(21)22/h4,6-7H,2-3,5,8-11H2,1H3,(H,21,22)(H2,18,19,24). The monoisotopic (exact) mass is 333 g/mol. The van der Waals surface area contributed by atoms with Crippen molar-refractivity contribution in [2.75, 3.05) is 25.0 Å². The van der Waals surface area contributed by atoms with Gasteiger partial charge in [-0.2, -0.15) is 0 Å². The van der Waals surface area contributed by atoms with Gasteiger partial charge in [0.2, 0.25) is 0 Å². The van der Waals surface area contributed by atoms with Crippen LogP contribution < -0.4 is 10.6 Å². The Morgan fingerprint density at radius 1 is 1.21 bits per heavy atom. The zero-order chi connectivity index (χ0) is 17.5. The summed E-state index contributed by atoms with van der Waals surface area (Å²) < 4.78 is 0. The van der Waals surface area contributed by atoms with Gasteiger partial charge in [-0.15, -0.1) is 0 Å². The van der Waals surface area contributed by atoms with Gasteiger partial charge in [0.25, 0.3) is 5.91 Å². The number of nitrogens with zero attached hydrogens (tertiary/aromatic N) is 1. The van der Waals surface area contributed by atoms with E-state index in [2.05, 4.69) is 10.6 Å². The molecule has 24 heavy (non-hydrogen) atoms. The van der Waals surface area contributed by atoms with Crippen LogP contribution in [0.25, 0.3) is 0 Å². The highest BCUT2D eigenvalue weighted by Gasteiger charge is 2.21. The average molecular weight is 333 g/mol. The molecule has 3 amide bonds. The molecule has 0 atom stereocenters. The summed E-state index contributed by atoms with van der Waals surface area (Å²) in [5.41, 5.74) is 1.91. The molecule has 1 saturated heterocycles. The number of benzene rings is 1. The molecule has 7 nitrogen and oxygen atoms in total. The summed E-state index contributed by atoms with van der Waals surface area (Å²) in [4.78, 5) is 36.7. The Balaban J connectivity index is 1.95. The van der Waals surface area contributed by atoms with Crippen molar-refractivity contribution in [2.24, 2.45) is 0 Å². The first kappa shape index (κ1) is 17.8. The Morgan fingerprint density at radius 2 is 1.92 bits per heavy atom. The lowest BCUT2D eigenvalue weighted by Crippen LogP contribution is -2.31. The Kier molecular flexibility index (Phi) is 6.17. The summed E-state index contributed by atoms with van der Waals surface area (Å²) in [6.45, 7) is 3.65. The zero-order valence-corrected chi connectivity index (χ0v) is 13.8. The number of nitrogens with one attached hydrogen (secondary N) is 2. The summed E-state index contributed by atoms with van der Waals surface area (Å²) >= 11 is 0. The van der Waals surface area contributed by atoms with E-state index in [-0.39, 0.29) is 18.9 Å². The third-order valence-electron chi connectivity index (χ3n) is 4.06. The second kappa shape index (κ2) is 8.33. The van der Waals surface area contributed by atoms with Crippen molar-refractivity contribution >= 4 is 23.6 Å². The first-order chi connectivity index (χ1) is 11.5. The van der Waals surface area contributed by atoms with Crippen LogP contribution in [0.15, 0.2) is 18.2 Å². The molecule has 0 unspecified atom stereocenters. The van der Waals surface area contributed by atoms with E-state index in [1.165, 1.54) is 0 Å². The molecule has 7 heteroatoms. The Bertz CT molecular complexity index is 624. The van der Waals surface area contributed by atoms with Gasteiger partial charge in [0, 0.05) is 37.3 Å². The van der Waals surface area contributed by atoms with Crippen LogP contribution in [0.5, 0.6) is 0 Å². The first-order valence-corrected chi connectivity index (χ1v) is 8.14. The predicted octanol–water partition coefficient (Wildman–Crippen LogP) is 2.22. The molecule has 0 aromatic heterocycles. The molecule has 1 fully saturated rings. The summed E-state index contributed by atoms with van der Waals surface area (Å²) in [5.74, 6) is -0.892. The van der Waals surface area contributed by atoms with Gasteiger partial charge in [-0.25, -0.2) is 4.79 Å². The Morgan fingerprint density at radius 3 is 2.58 bits per heavy atom. The minimum absolute atomic E-state index is 0.00415. The number of amides is 3. The van der Waals surface area contributed by atoms with Gasteiger partial charge in [0.05, 0.1) is 0 Å². The molecule has 2 rings (SSSR count). The van der Waals surface area contributed by atoms with Gasteiger partial charge in [0.15, 0.2) is 0 Å². The van der Waals surface area contributed by atoms with E-state index >= 15 is 0 Å². The van der Waals surface area contributed by atoms with Gasteiger partial charge >= 0.3 is 12.0 Å². The predicted molar refractivity (Wildman–Crippen MR) is 90.2 cm³/mol. The molecule has 1 aliphatic rings. The number of anilines is 1. The van der Waals surface area contributed by atoms with Crippen LogP contribution in [0.4, 0.5) is 10.5 Å². The van der Waals surface area contributed by atoms with E-state index < -0.39 is 12.0 Å². The molecular weight excluding hydrogens is 310 g/mol. The average Bonchev–Trinajstić information content (AvgIpc) is 3.07. The van der Waals surface area contributed by atoms with Gasteiger partial charge in [-0.1, -0.05) is 6.07 Å². The van der Waals surface area contributed by atoms with E-state index in [4.69, 9.17) is 5.11 Å². The Hall–Kier alpha value is -2.57. The van der Waals surface area contributed by atoms with Gasteiger partial charge in [0.1, 0.15) is 0 Å². The number of carboxylic acids is 1. The van der Waals surface area contributed by atoms with Crippen molar-refractivity contribution in [1.29, 1.82) is 0 Å². The van der Waals surface area contributed by atoms with Crippen molar-refractivity contribution in [3.8, 4) is 0 Å². The van der Waals surface area contributed by atoms with E-state index in [1.54, 1.807) is 18.2 Å². The van der Waals surface area contributed by atoms with Crippen molar-refractivity contribution in [3.05, 3.63) is 29.3 Å². The number of rotatable bonds is 6. The van der Waals surface area contributed by atoms with Gasteiger partial charge < -0.3 is 20.6 Å². The molecule has 1 aromatic rings. The van der Waals surface area contributed by atoms with Crippen LogP contribution in [0, 0.1) is 6.92 Å². The number of hydrogen-bond acceptors (Lipinski definition) is 3. The highest BCUT2D eigenvalue weighted by molar-refractivity contribution is 5.99. The number of carboxylic acid groups (broad SMARTS) is 1. The molecule has 130 valence electrons. The second-order valence-corrected chi connectivity index (χ2v) is 5.86. The van der Waals surface area contributed by atoms with Crippen molar-refractivity contribution < 1.29 is 19.5 Å². The molecule has 0 aliphatic carbocycles. The summed E-state index contributed by atoms with van der Waals surface area (Å²) in [5, 5.41) is 13.9. The first-order valence-electron chi connectivity index (χ1n) is 8.14. The maximum Gasteiger partial charge on any atom is 0.319 e. The van der Waals surface area contributed by atoms with Crippen LogP contribution >= 0.6 is 0 Å². The minimum atomic E-state index is -0.888. The lowest BCUT2D eigenvalue weighted by molar-refractivity contribution is -0.137. The van der Waals surface area contributed by atoms with E-state index in [1.807, 2.05) is 11.8 Å². The molecular formula is C17H23N3O4. The number of carbonyl (C=O) groups is 3. The van der Waals surface area contributed by atoms with E-state index in [0.29, 0.717) is 17.7 Å². The number of likely N-dealkylation sites (tertiary alicyclic amines) is 1. The van der Waals surface area contributed by atoms with Crippen LogP contribution in [-0.2, 0) is 4.79 Å². The smallest absolute Gasteiger partial charge is 0.319 e. The highest BCUT2D eigenvalue weighted by Crippen LogP contribution is 2.22. The number of hydrogen-bond donors (Lipinski definition) is 3. The molecule has 1 heterocycles. The summed E-state index contributed by atoms with van der Waals surface area (Å²) in [6, 6.07) is 4.85. The van der Waals surface area contributed by atoms with E-state index in [0.717, 1.165) is 31.5 Å². The second-order valence-electron chi connectivity index (χ2n) is 5.86. The van der Waals surface area contributed by atoms with Crippen molar-refractivity contribution in [2.45, 2.75) is 32.6 Å².